The Morgan fingerprint density at radius 1 is 1.17 bits per heavy atom. The van der Waals surface area contributed by atoms with E-state index < -0.39 is 73.8 Å². The quantitative estimate of drug-likeness (QED) is 0.245. The first-order valence-electron chi connectivity index (χ1n) is 7.37. The lowest BCUT2D eigenvalue weighted by Gasteiger charge is -2.47. The summed E-state index contributed by atoms with van der Waals surface area (Å²) in [6.07, 6.45) is -13.2. The zero-order valence-electron chi connectivity index (χ0n) is 12.8. The molecule has 0 radical (unpaired) electrons. The highest BCUT2D eigenvalue weighted by Crippen LogP contribution is 2.34. The summed E-state index contributed by atoms with van der Waals surface area (Å²) < 4.78 is 15.3. The predicted octanol–water partition coefficient (Wildman–Crippen LogP) is -3.89. The smallest absolute Gasteiger partial charge is 0.335 e. The second-order valence-electron chi connectivity index (χ2n) is 5.99. The van der Waals surface area contributed by atoms with Gasteiger partial charge in [0.25, 0.3) is 0 Å². The largest absolute Gasteiger partial charge is 0.479 e. The van der Waals surface area contributed by atoms with Gasteiger partial charge in [-0.1, -0.05) is 0 Å². The van der Waals surface area contributed by atoms with Crippen LogP contribution in [0.1, 0.15) is 13.3 Å². The summed E-state index contributed by atoms with van der Waals surface area (Å²) in [6.45, 7) is 0.938. The third-order valence-corrected chi connectivity index (χ3v) is 4.17. The molecule has 11 heteroatoms. The Morgan fingerprint density at radius 2 is 1.79 bits per heavy atom. The van der Waals surface area contributed by atoms with Gasteiger partial charge in [-0.15, -0.1) is 0 Å². The van der Waals surface area contributed by atoms with Gasteiger partial charge in [0, 0.05) is 6.42 Å². The van der Waals surface area contributed by atoms with Crippen LogP contribution >= 0.6 is 0 Å². The van der Waals surface area contributed by atoms with Crippen molar-refractivity contribution in [2.75, 3.05) is 6.61 Å². The molecule has 0 aromatic heterocycles. The maximum Gasteiger partial charge on any atom is 0.335 e. The van der Waals surface area contributed by atoms with Crippen LogP contribution in [-0.4, -0.2) is 103 Å². The Bertz CT molecular complexity index is 459. The van der Waals surface area contributed by atoms with Crippen LogP contribution < -0.4 is 0 Å². The molecule has 0 saturated carbocycles. The standard InChI is InChI=1S/C13H22O11/c1-4-10(18)13(21,2-5(3-14)22-4)24-12-8(17)6(15)7(16)9(23-12)11(19)20/h4-10,12,14-18,21H,2-3H2,1H3,(H,19,20)/t4-,5?,6-,7+,8?,9?,10?,12-,13-/m0/s1. The fraction of sp³-hybridized carbons (Fsp3) is 0.923. The number of carbonyl (C=O) groups is 1. The van der Waals surface area contributed by atoms with Crippen molar-refractivity contribution in [1.29, 1.82) is 0 Å². The highest BCUT2D eigenvalue weighted by Gasteiger charge is 2.54. The lowest BCUT2D eigenvalue weighted by atomic mass is 9.94. The van der Waals surface area contributed by atoms with Crippen molar-refractivity contribution in [2.45, 2.75) is 68.1 Å². The molecule has 4 unspecified atom stereocenters. The van der Waals surface area contributed by atoms with Gasteiger partial charge in [-0.25, -0.2) is 4.79 Å². The molecule has 2 rings (SSSR count). The van der Waals surface area contributed by atoms with Gasteiger partial charge in [-0.05, 0) is 6.92 Å². The minimum absolute atomic E-state index is 0.391. The van der Waals surface area contributed by atoms with Crippen molar-refractivity contribution in [3.05, 3.63) is 0 Å². The van der Waals surface area contributed by atoms with E-state index in [1.807, 2.05) is 0 Å². The van der Waals surface area contributed by atoms with Gasteiger partial charge in [-0.2, -0.15) is 0 Å². The average Bonchev–Trinajstić information content (AvgIpc) is 2.52. The van der Waals surface area contributed by atoms with E-state index in [0.29, 0.717) is 0 Å². The fourth-order valence-electron chi connectivity index (χ4n) is 2.82. The number of rotatable bonds is 4. The third kappa shape index (κ3) is 3.54. The molecule has 0 aromatic carbocycles. The van der Waals surface area contributed by atoms with E-state index in [-0.39, 0.29) is 0 Å². The van der Waals surface area contributed by atoms with Gasteiger partial charge in [0.05, 0.1) is 18.8 Å². The number of aliphatic hydroxyl groups excluding tert-OH is 5. The van der Waals surface area contributed by atoms with Gasteiger partial charge < -0.3 is 50.0 Å². The summed E-state index contributed by atoms with van der Waals surface area (Å²) in [7, 11) is 0. The lowest BCUT2D eigenvalue weighted by Crippen LogP contribution is -2.65. The SMILES string of the molecule is C[C@@H]1OC(CO)C[C@](O)(O[C@@H]2OC(C(=O)O)[C@H](O)[C@H](O)C2O)C1O. The molecule has 24 heavy (non-hydrogen) atoms. The first-order chi connectivity index (χ1) is 11.1. The molecule has 0 amide bonds. The Kier molecular flexibility index (Phi) is 5.79. The molecule has 140 valence electrons. The Hall–Kier alpha value is -0.890. The van der Waals surface area contributed by atoms with E-state index in [9.17, 15) is 35.4 Å². The summed E-state index contributed by atoms with van der Waals surface area (Å²) in [5.41, 5.74) is 0. The van der Waals surface area contributed by atoms with E-state index in [1.54, 1.807) is 0 Å². The fourth-order valence-corrected chi connectivity index (χ4v) is 2.82. The van der Waals surface area contributed by atoms with Crippen LogP contribution in [0.15, 0.2) is 0 Å². The van der Waals surface area contributed by atoms with E-state index in [0.717, 1.165) is 0 Å². The Labute approximate surface area is 136 Å². The lowest BCUT2D eigenvalue weighted by molar-refractivity contribution is -0.397. The zero-order chi connectivity index (χ0) is 18.2. The van der Waals surface area contributed by atoms with Crippen LogP contribution in [-0.2, 0) is 19.0 Å². The maximum atomic E-state index is 11.1. The van der Waals surface area contributed by atoms with Crippen LogP contribution in [0.5, 0.6) is 0 Å². The van der Waals surface area contributed by atoms with Crippen LogP contribution in [0.4, 0.5) is 0 Å². The molecule has 0 aromatic rings. The zero-order valence-corrected chi connectivity index (χ0v) is 12.8. The molecule has 0 spiro atoms. The van der Waals surface area contributed by atoms with Crippen molar-refractivity contribution in [3.8, 4) is 0 Å². The first-order valence-corrected chi connectivity index (χ1v) is 7.37. The molecule has 9 atom stereocenters. The molecule has 2 aliphatic heterocycles. The van der Waals surface area contributed by atoms with Crippen molar-refractivity contribution < 1.29 is 54.8 Å². The Balaban J connectivity index is 2.19. The summed E-state index contributed by atoms with van der Waals surface area (Å²) >= 11 is 0. The summed E-state index contributed by atoms with van der Waals surface area (Å²) in [5, 5.41) is 68.0. The van der Waals surface area contributed by atoms with Crippen molar-refractivity contribution in [2.24, 2.45) is 0 Å². The van der Waals surface area contributed by atoms with Gasteiger partial charge in [0.1, 0.15) is 24.4 Å². The number of carboxylic acid groups (broad SMARTS) is 1. The van der Waals surface area contributed by atoms with Crippen LogP contribution in [0.2, 0.25) is 0 Å². The number of ether oxygens (including phenoxy) is 3. The summed E-state index contributed by atoms with van der Waals surface area (Å²) in [5.74, 6) is -3.94. The molecule has 0 bridgehead atoms. The Morgan fingerprint density at radius 3 is 2.33 bits per heavy atom. The second-order valence-corrected chi connectivity index (χ2v) is 5.99. The van der Waals surface area contributed by atoms with E-state index >= 15 is 0 Å². The monoisotopic (exact) mass is 354 g/mol. The van der Waals surface area contributed by atoms with Crippen molar-refractivity contribution in [3.63, 3.8) is 0 Å². The molecule has 11 nitrogen and oxygen atoms in total. The number of aliphatic carboxylic acids is 1. The van der Waals surface area contributed by atoms with Gasteiger partial charge in [0.15, 0.2) is 18.2 Å². The van der Waals surface area contributed by atoms with Gasteiger partial charge >= 0.3 is 5.97 Å². The predicted molar refractivity (Wildman–Crippen MR) is 72.4 cm³/mol. The normalized spacial score (nSPS) is 49.8. The topological polar surface area (TPSA) is 186 Å². The molecule has 2 aliphatic rings. The van der Waals surface area contributed by atoms with Crippen molar-refractivity contribution >= 4 is 5.97 Å². The number of carboxylic acids is 1. The van der Waals surface area contributed by atoms with E-state index in [1.165, 1.54) is 6.92 Å². The molecular formula is C13H22O11. The van der Waals surface area contributed by atoms with Crippen LogP contribution in [0.3, 0.4) is 0 Å². The molecule has 2 heterocycles. The minimum atomic E-state index is -2.33. The number of aliphatic hydroxyl groups is 6. The van der Waals surface area contributed by atoms with Crippen LogP contribution in [0, 0.1) is 0 Å². The first kappa shape index (κ1) is 19.4. The molecule has 2 saturated heterocycles. The third-order valence-electron chi connectivity index (χ3n) is 4.17. The number of hydrogen-bond donors (Lipinski definition) is 7. The van der Waals surface area contributed by atoms with E-state index in [2.05, 4.69) is 0 Å². The summed E-state index contributed by atoms with van der Waals surface area (Å²) in [4.78, 5) is 11.1. The second kappa shape index (κ2) is 7.15. The average molecular weight is 354 g/mol. The summed E-state index contributed by atoms with van der Waals surface area (Å²) in [6, 6.07) is 0. The van der Waals surface area contributed by atoms with Crippen molar-refractivity contribution in [1.82, 2.24) is 0 Å². The molecular weight excluding hydrogens is 332 g/mol. The molecule has 7 N–H and O–H groups in total. The number of hydrogen-bond acceptors (Lipinski definition) is 10. The highest BCUT2D eigenvalue weighted by atomic mass is 16.8. The van der Waals surface area contributed by atoms with Crippen LogP contribution in [0.25, 0.3) is 0 Å². The van der Waals surface area contributed by atoms with Gasteiger partial charge in [-0.3, -0.25) is 0 Å². The maximum absolute atomic E-state index is 11.1. The minimum Gasteiger partial charge on any atom is -0.479 e. The molecule has 2 fully saturated rings. The highest BCUT2D eigenvalue weighted by molar-refractivity contribution is 5.73. The van der Waals surface area contributed by atoms with E-state index in [4.69, 9.17) is 19.3 Å². The molecule has 0 aliphatic carbocycles. The van der Waals surface area contributed by atoms with Gasteiger partial charge in [0.2, 0.25) is 0 Å².